The van der Waals surface area contributed by atoms with Gasteiger partial charge in [-0.25, -0.2) is 4.79 Å². The third kappa shape index (κ3) is 5.12. The fourth-order valence-corrected chi connectivity index (χ4v) is 1.52. The second-order valence-corrected chi connectivity index (χ2v) is 4.23. The zero-order chi connectivity index (χ0) is 14.9. The third-order valence-electron chi connectivity index (χ3n) is 2.57. The van der Waals surface area contributed by atoms with E-state index in [2.05, 4.69) is 6.58 Å². The van der Waals surface area contributed by atoms with Crippen molar-refractivity contribution in [1.29, 1.82) is 0 Å². The molecule has 0 heterocycles. The smallest absolute Gasteiger partial charge is 0.341 e. The van der Waals surface area contributed by atoms with Crippen LogP contribution in [0.3, 0.4) is 0 Å². The van der Waals surface area contributed by atoms with Crippen LogP contribution < -0.4 is 9.47 Å². The highest BCUT2D eigenvalue weighted by Gasteiger charge is 2.09. The Balaban J connectivity index is 1.68. The van der Waals surface area contributed by atoms with E-state index in [4.69, 9.17) is 14.2 Å². The summed E-state index contributed by atoms with van der Waals surface area (Å²) in [5.41, 5.74) is 0.232. The monoisotopic (exact) mass is 284 g/mol. The molecule has 0 unspecified atom stereocenters. The molecule has 0 aromatic heterocycles. The number of carbonyl (C=O) groups excluding carboxylic acids is 1. The van der Waals surface area contributed by atoms with E-state index in [9.17, 15) is 4.79 Å². The molecule has 0 radical (unpaired) electrons. The Hall–Kier alpha value is -2.59. The Kier molecular flexibility index (Phi) is 5.55. The predicted molar refractivity (Wildman–Crippen MR) is 79.1 cm³/mol. The summed E-state index contributed by atoms with van der Waals surface area (Å²) in [4.78, 5) is 11.7. The quantitative estimate of drug-likeness (QED) is 0.257. The molecular formula is C17H16O4. The Morgan fingerprint density at radius 3 is 2.10 bits per heavy atom. The first-order valence-electron chi connectivity index (χ1n) is 6.46. The minimum Gasteiger partial charge on any atom is -0.468 e. The number of hydrogen-bond acceptors (Lipinski definition) is 4. The summed E-state index contributed by atoms with van der Waals surface area (Å²) in [6.45, 7) is 3.74. The van der Waals surface area contributed by atoms with Crippen molar-refractivity contribution in [2.45, 2.75) is 0 Å². The van der Waals surface area contributed by atoms with Crippen LogP contribution in [0.4, 0.5) is 0 Å². The molecule has 2 aromatic rings. The molecule has 21 heavy (non-hydrogen) atoms. The van der Waals surface area contributed by atoms with Gasteiger partial charge in [0.15, 0.2) is 6.79 Å². The first-order valence-corrected chi connectivity index (χ1v) is 6.46. The second kappa shape index (κ2) is 7.87. The Morgan fingerprint density at radius 2 is 1.48 bits per heavy atom. The van der Waals surface area contributed by atoms with Gasteiger partial charge in [0, 0.05) is 0 Å². The molecule has 4 nitrogen and oxygen atoms in total. The number of hydrogen-bond donors (Lipinski definition) is 0. The number of esters is 1. The molecule has 0 fully saturated rings. The predicted octanol–water partition coefficient (Wildman–Crippen LogP) is 3.20. The molecule has 0 aliphatic rings. The zero-order valence-electron chi connectivity index (χ0n) is 11.5. The van der Waals surface area contributed by atoms with Gasteiger partial charge in [-0.15, -0.1) is 0 Å². The average molecular weight is 284 g/mol. The van der Waals surface area contributed by atoms with Gasteiger partial charge in [-0.1, -0.05) is 43.0 Å². The van der Waals surface area contributed by atoms with E-state index >= 15 is 0 Å². The molecule has 0 bridgehead atoms. The number of ether oxygens (including phenoxy) is 3. The normalized spacial score (nSPS) is 9.90. The molecule has 0 atom stereocenters. The van der Waals surface area contributed by atoms with Crippen molar-refractivity contribution in [2.75, 3.05) is 13.4 Å². The molecular weight excluding hydrogens is 268 g/mol. The van der Waals surface area contributed by atoms with E-state index in [1.165, 1.54) is 0 Å². The Morgan fingerprint density at radius 1 is 0.905 bits per heavy atom. The average Bonchev–Trinajstić information content (AvgIpc) is 2.53. The van der Waals surface area contributed by atoms with Gasteiger partial charge in [0.1, 0.15) is 11.5 Å². The molecule has 0 aliphatic heterocycles. The zero-order valence-corrected chi connectivity index (χ0v) is 11.5. The molecule has 0 N–H and O–H groups in total. The van der Waals surface area contributed by atoms with Gasteiger partial charge < -0.3 is 14.2 Å². The molecule has 2 rings (SSSR count). The minimum atomic E-state index is -0.513. The van der Waals surface area contributed by atoms with Crippen LogP contribution in [-0.2, 0) is 9.53 Å². The van der Waals surface area contributed by atoms with Crippen LogP contribution in [0.2, 0.25) is 0 Å². The fraction of sp³-hybridized carbons (Fsp3) is 0.118. The number of para-hydroxylation sites is 2. The van der Waals surface area contributed by atoms with Gasteiger partial charge in [-0.3, -0.25) is 0 Å². The van der Waals surface area contributed by atoms with Crippen molar-refractivity contribution in [3.8, 4) is 11.5 Å². The molecule has 0 saturated heterocycles. The Labute approximate surface area is 123 Å². The van der Waals surface area contributed by atoms with Crippen LogP contribution in [0.1, 0.15) is 0 Å². The van der Waals surface area contributed by atoms with E-state index in [1.54, 1.807) is 24.3 Å². The first-order chi connectivity index (χ1) is 10.3. The van der Waals surface area contributed by atoms with Crippen LogP contribution in [-0.4, -0.2) is 19.4 Å². The summed E-state index contributed by atoms with van der Waals surface area (Å²) < 4.78 is 15.7. The first kappa shape index (κ1) is 14.8. The van der Waals surface area contributed by atoms with Gasteiger partial charge in [0.2, 0.25) is 0 Å². The maximum Gasteiger partial charge on any atom is 0.341 e. The van der Waals surface area contributed by atoms with Gasteiger partial charge in [-0.05, 0) is 24.3 Å². The van der Waals surface area contributed by atoms with Crippen LogP contribution in [0.5, 0.6) is 11.5 Å². The summed E-state index contributed by atoms with van der Waals surface area (Å²) in [6, 6.07) is 18.1. The number of benzene rings is 2. The van der Waals surface area contributed by atoms with Crippen molar-refractivity contribution < 1.29 is 19.0 Å². The topological polar surface area (TPSA) is 44.8 Å². The summed E-state index contributed by atoms with van der Waals surface area (Å²) in [6.07, 6.45) is 0. The fourth-order valence-electron chi connectivity index (χ4n) is 1.52. The van der Waals surface area contributed by atoms with Crippen molar-refractivity contribution in [1.82, 2.24) is 0 Å². The third-order valence-corrected chi connectivity index (χ3v) is 2.57. The molecule has 0 amide bonds. The molecule has 108 valence electrons. The van der Waals surface area contributed by atoms with E-state index in [-0.39, 0.29) is 19.0 Å². The van der Waals surface area contributed by atoms with Crippen LogP contribution in [0.25, 0.3) is 0 Å². The molecule has 0 aliphatic carbocycles. The highest BCUT2D eigenvalue weighted by Crippen LogP contribution is 2.11. The summed E-state index contributed by atoms with van der Waals surface area (Å²) in [5, 5.41) is 0. The summed E-state index contributed by atoms with van der Waals surface area (Å²) in [7, 11) is 0. The standard InChI is InChI=1S/C17H16O4/c1-14(17(18)21-16-10-6-3-7-11-16)12-19-13-20-15-8-4-2-5-9-15/h2-11H,1,12-13H2. The van der Waals surface area contributed by atoms with Crippen molar-refractivity contribution in [2.24, 2.45) is 0 Å². The highest BCUT2D eigenvalue weighted by molar-refractivity contribution is 5.89. The Bertz CT molecular complexity index is 578. The largest absolute Gasteiger partial charge is 0.468 e. The molecule has 0 spiro atoms. The molecule has 2 aromatic carbocycles. The minimum absolute atomic E-state index is 0.0433. The van der Waals surface area contributed by atoms with E-state index < -0.39 is 5.97 Å². The maximum atomic E-state index is 11.7. The van der Waals surface area contributed by atoms with E-state index in [0.717, 1.165) is 0 Å². The van der Waals surface area contributed by atoms with Crippen molar-refractivity contribution in [3.63, 3.8) is 0 Å². The lowest BCUT2D eigenvalue weighted by atomic mass is 10.3. The van der Waals surface area contributed by atoms with E-state index in [0.29, 0.717) is 11.5 Å². The van der Waals surface area contributed by atoms with Gasteiger partial charge >= 0.3 is 5.97 Å². The van der Waals surface area contributed by atoms with Gasteiger partial charge in [0.25, 0.3) is 0 Å². The van der Waals surface area contributed by atoms with Gasteiger partial charge in [-0.2, -0.15) is 0 Å². The van der Waals surface area contributed by atoms with Crippen molar-refractivity contribution in [3.05, 3.63) is 72.8 Å². The second-order valence-electron chi connectivity index (χ2n) is 4.23. The van der Waals surface area contributed by atoms with Crippen LogP contribution in [0.15, 0.2) is 72.8 Å². The van der Waals surface area contributed by atoms with Crippen LogP contribution >= 0.6 is 0 Å². The summed E-state index contributed by atoms with van der Waals surface area (Å²) >= 11 is 0. The lowest BCUT2D eigenvalue weighted by Gasteiger charge is -2.09. The van der Waals surface area contributed by atoms with Crippen LogP contribution in [0, 0.1) is 0 Å². The lowest BCUT2D eigenvalue weighted by molar-refractivity contribution is -0.131. The SMILES string of the molecule is C=C(COCOc1ccccc1)C(=O)Oc1ccccc1. The molecule has 0 saturated carbocycles. The van der Waals surface area contributed by atoms with Gasteiger partial charge in [0.05, 0.1) is 12.2 Å². The lowest BCUT2D eigenvalue weighted by Crippen LogP contribution is -2.16. The number of rotatable bonds is 7. The highest BCUT2D eigenvalue weighted by atomic mass is 16.7. The van der Waals surface area contributed by atoms with E-state index in [1.807, 2.05) is 36.4 Å². The maximum absolute atomic E-state index is 11.7. The van der Waals surface area contributed by atoms with Crippen molar-refractivity contribution >= 4 is 5.97 Å². The summed E-state index contributed by atoms with van der Waals surface area (Å²) in [5.74, 6) is 0.667. The molecule has 4 heteroatoms. The number of carbonyl (C=O) groups is 1.